The number of ether oxygens (including phenoxy) is 1. The van der Waals surface area contributed by atoms with Crippen LogP contribution < -0.4 is 9.64 Å². The lowest BCUT2D eigenvalue weighted by molar-refractivity contribution is -0.120. The Morgan fingerprint density at radius 1 is 0.909 bits per heavy atom. The molecule has 0 aliphatic carbocycles. The van der Waals surface area contributed by atoms with Crippen molar-refractivity contribution in [2.24, 2.45) is 0 Å². The molecule has 0 spiro atoms. The molecule has 3 aromatic rings. The predicted molar refractivity (Wildman–Crippen MR) is 129 cm³/mol. The van der Waals surface area contributed by atoms with Gasteiger partial charge in [-0.05, 0) is 48.2 Å². The number of hydrogen-bond acceptors (Lipinski definition) is 4. The summed E-state index contributed by atoms with van der Waals surface area (Å²) >= 11 is 6.34. The Bertz CT molecular complexity index is 1310. The number of hydrogen-bond donors (Lipinski definition) is 0. The van der Waals surface area contributed by atoms with Gasteiger partial charge < -0.3 is 9.64 Å². The zero-order valence-corrected chi connectivity index (χ0v) is 19.2. The first-order valence-electron chi connectivity index (χ1n) is 10.8. The topological polar surface area (TPSA) is 49.9 Å². The third kappa shape index (κ3) is 3.58. The number of rotatable bonds is 4. The van der Waals surface area contributed by atoms with Gasteiger partial charge in [-0.15, -0.1) is 0 Å². The van der Waals surface area contributed by atoms with Crippen LogP contribution in [0.4, 0.5) is 5.69 Å². The molecule has 0 aromatic heterocycles. The lowest BCUT2D eigenvalue weighted by atomic mass is 9.97. The molecule has 0 N–H and O–H groups in total. The van der Waals surface area contributed by atoms with Gasteiger partial charge in [-0.2, -0.15) is 0 Å². The van der Waals surface area contributed by atoms with Gasteiger partial charge in [0.15, 0.2) is 0 Å². The van der Waals surface area contributed by atoms with Gasteiger partial charge in [0.2, 0.25) is 0 Å². The Morgan fingerprint density at radius 3 is 2.39 bits per heavy atom. The lowest BCUT2D eigenvalue weighted by Gasteiger charge is -2.31. The minimum Gasteiger partial charge on any atom is -0.496 e. The second kappa shape index (κ2) is 8.41. The third-order valence-electron chi connectivity index (χ3n) is 6.30. The SMILES string of the molecule is COc1ccccc1C1=C(N2CCc3ccccc3C2)C(=O)N(c2ccc(C)c(Cl)c2)C1=O. The Hall–Kier alpha value is -3.57. The number of carbonyl (C=O) groups excluding carboxylic acids is 2. The maximum absolute atomic E-state index is 13.8. The smallest absolute Gasteiger partial charge is 0.282 e. The van der Waals surface area contributed by atoms with Crippen molar-refractivity contribution < 1.29 is 14.3 Å². The molecule has 0 saturated carbocycles. The fraction of sp³-hybridized carbons (Fsp3) is 0.185. The summed E-state index contributed by atoms with van der Waals surface area (Å²) in [6.07, 6.45) is 0.802. The molecule has 2 aliphatic heterocycles. The summed E-state index contributed by atoms with van der Waals surface area (Å²) in [5.74, 6) is -0.175. The van der Waals surface area contributed by atoms with Crippen LogP contribution in [0, 0.1) is 6.92 Å². The van der Waals surface area contributed by atoms with Gasteiger partial charge in [0, 0.05) is 23.7 Å². The van der Waals surface area contributed by atoms with Crippen LogP contribution in [0.25, 0.3) is 5.57 Å². The number of aryl methyl sites for hydroxylation is 1. The average Bonchev–Trinajstić information content (AvgIpc) is 3.10. The molecule has 0 bridgehead atoms. The van der Waals surface area contributed by atoms with Crippen molar-refractivity contribution in [3.63, 3.8) is 0 Å². The molecule has 33 heavy (non-hydrogen) atoms. The summed E-state index contributed by atoms with van der Waals surface area (Å²) in [7, 11) is 1.56. The second-order valence-corrected chi connectivity index (χ2v) is 8.65. The molecule has 0 radical (unpaired) electrons. The van der Waals surface area contributed by atoms with Gasteiger partial charge in [0.1, 0.15) is 11.4 Å². The quantitative estimate of drug-likeness (QED) is 0.516. The van der Waals surface area contributed by atoms with Crippen molar-refractivity contribution in [1.82, 2.24) is 4.90 Å². The number of para-hydroxylation sites is 1. The highest BCUT2D eigenvalue weighted by Crippen LogP contribution is 2.40. The minimum absolute atomic E-state index is 0.347. The zero-order chi connectivity index (χ0) is 23.1. The van der Waals surface area contributed by atoms with Crippen LogP contribution >= 0.6 is 11.6 Å². The molecule has 2 amide bonds. The Morgan fingerprint density at radius 2 is 1.64 bits per heavy atom. The number of benzene rings is 3. The fourth-order valence-electron chi connectivity index (χ4n) is 4.55. The van der Waals surface area contributed by atoms with E-state index in [1.807, 2.05) is 48.2 Å². The summed E-state index contributed by atoms with van der Waals surface area (Å²) in [6, 6.07) is 20.8. The largest absolute Gasteiger partial charge is 0.496 e. The number of methoxy groups -OCH3 is 1. The van der Waals surface area contributed by atoms with E-state index >= 15 is 0 Å². The second-order valence-electron chi connectivity index (χ2n) is 8.24. The molecular formula is C27H23ClN2O3. The van der Waals surface area contributed by atoms with Crippen LogP contribution in [0.2, 0.25) is 5.02 Å². The molecule has 0 unspecified atom stereocenters. The van der Waals surface area contributed by atoms with E-state index in [0.29, 0.717) is 46.4 Å². The fourth-order valence-corrected chi connectivity index (χ4v) is 4.72. The van der Waals surface area contributed by atoms with Gasteiger partial charge in [0.05, 0.1) is 18.4 Å². The highest BCUT2D eigenvalue weighted by atomic mass is 35.5. The standard InChI is InChI=1S/C27H23ClN2O3/c1-17-11-12-20(15-22(17)28)30-26(31)24(21-9-5-6-10-23(21)33-2)25(27(30)32)29-14-13-18-7-3-4-8-19(18)16-29/h3-12,15H,13-14,16H2,1-2H3. The number of imide groups is 1. The highest BCUT2D eigenvalue weighted by molar-refractivity contribution is 6.46. The molecule has 2 aliphatic rings. The summed E-state index contributed by atoms with van der Waals surface area (Å²) < 4.78 is 5.55. The first-order chi connectivity index (χ1) is 16.0. The molecule has 0 saturated heterocycles. The van der Waals surface area contributed by atoms with Gasteiger partial charge >= 0.3 is 0 Å². The summed E-state index contributed by atoms with van der Waals surface area (Å²) in [5.41, 5.74) is 5.13. The van der Waals surface area contributed by atoms with Gasteiger partial charge in [-0.3, -0.25) is 9.59 Å². The molecule has 5 nitrogen and oxygen atoms in total. The minimum atomic E-state index is -0.377. The van der Waals surface area contributed by atoms with Crippen LogP contribution in [0.5, 0.6) is 5.75 Å². The van der Waals surface area contributed by atoms with Crippen LogP contribution in [-0.4, -0.2) is 30.4 Å². The molecule has 6 heteroatoms. The number of halogens is 1. The van der Waals surface area contributed by atoms with E-state index in [0.717, 1.165) is 17.5 Å². The Balaban J connectivity index is 1.66. The maximum Gasteiger partial charge on any atom is 0.282 e. The normalized spacial score (nSPS) is 15.8. The maximum atomic E-state index is 13.8. The number of fused-ring (bicyclic) bond motifs is 1. The Labute approximate surface area is 197 Å². The van der Waals surface area contributed by atoms with Crippen LogP contribution in [0.15, 0.2) is 72.4 Å². The lowest BCUT2D eigenvalue weighted by Crippen LogP contribution is -2.37. The van der Waals surface area contributed by atoms with Crippen molar-refractivity contribution in [3.8, 4) is 5.75 Å². The molecule has 0 fully saturated rings. The van der Waals surface area contributed by atoms with E-state index in [-0.39, 0.29) is 11.8 Å². The number of carbonyl (C=O) groups is 2. The van der Waals surface area contributed by atoms with E-state index in [1.165, 1.54) is 10.5 Å². The van der Waals surface area contributed by atoms with Crippen LogP contribution in [0.1, 0.15) is 22.3 Å². The van der Waals surface area contributed by atoms with Crippen LogP contribution in [-0.2, 0) is 22.6 Å². The van der Waals surface area contributed by atoms with Crippen molar-refractivity contribution in [1.29, 1.82) is 0 Å². The number of anilines is 1. The average molecular weight is 459 g/mol. The van der Waals surface area contributed by atoms with Gasteiger partial charge in [-0.25, -0.2) is 4.90 Å². The third-order valence-corrected chi connectivity index (χ3v) is 6.70. The first kappa shape index (κ1) is 21.3. The van der Waals surface area contributed by atoms with Crippen LogP contribution in [0.3, 0.4) is 0 Å². The van der Waals surface area contributed by atoms with Gasteiger partial charge in [0.25, 0.3) is 11.8 Å². The van der Waals surface area contributed by atoms with E-state index in [9.17, 15) is 9.59 Å². The molecule has 166 valence electrons. The van der Waals surface area contributed by atoms with Gasteiger partial charge in [-0.1, -0.05) is 60.1 Å². The van der Waals surface area contributed by atoms with E-state index in [1.54, 1.807) is 25.3 Å². The van der Waals surface area contributed by atoms with E-state index in [2.05, 4.69) is 12.1 Å². The van der Waals surface area contributed by atoms with Crippen molar-refractivity contribution in [2.45, 2.75) is 19.9 Å². The van der Waals surface area contributed by atoms with E-state index in [4.69, 9.17) is 16.3 Å². The number of amides is 2. The molecule has 3 aromatic carbocycles. The highest BCUT2D eigenvalue weighted by Gasteiger charge is 2.44. The summed E-state index contributed by atoms with van der Waals surface area (Å²) in [4.78, 5) is 30.9. The summed E-state index contributed by atoms with van der Waals surface area (Å²) in [6.45, 7) is 3.09. The predicted octanol–water partition coefficient (Wildman–Crippen LogP) is 5.00. The molecule has 0 atom stereocenters. The van der Waals surface area contributed by atoms with Crippen molar-refractivity contribution in [2.75, 3.05) is 18.6 Å². The van der Waals surface area contributed by atoms with Crippen molar-refractivity contribution >= 4 is 34.7 Å². The molecule has 5 rings (SSSR count). The van der Waals surface area contributed by atoms with E-state index < -0.39 is 0 Å². The summed E-state index contributed by atoms with van der Waals surface area (Å²) in [5, 5.41) is 0.507. The molecular weight excluding hydrogens is 436 g/mol. The zero-order valence-electron chi connectivity index (χ0n) is 18.5. The Kier molecular flexibility index (Phi) is 5.43. The number of nitrogens with zero attached hydrogens (tertiary/aromatic N) is 2. The van der Waals surface area contributed by atoms with Crippen molar-refractivity contribution in [3.05, 3.63) is 99.7 Å². The molecule has 2 heterocycles. The first-order valence-corrected chi connectivity index (χ1v) is 11.2. The monoisotopic (exact) mass is 458 g/mol.